The molecule has 6 heteroatoms. The van der Waals surface area contributed by atoms with E-state index in [1.807, 2.05) is 19.9 Å². The Morgan fingerprint density at radius 1 is 1.29 bits per heavy atom. The van der Waals surface area contributed by atoms with Crippen LogP contribution < -0.4 is 5.32 Å². The predicted molar refractivity (Wildman–Crippen MR) is 82.7 cm³/mol. The van der Waals surface area contributed by atoms with Crippen molar-refractivity contribution in [3.8, 4) is 0 Å². The van der Waals surface area contributed by atoms with Gasteiger partial charge >= 0.3 is 0 Å². The van der Waals surface area contributed by atoms with Crippen LogP contribution in [0.25, 0.3) is 0 Å². The Bertz CT molecular complexity index is 422. The summed E-state index contributed by atoms with van der Waals surface area (Å²) in [6, 6.07) is 3.62. The lowest BCUT2D eigenvalue weighted by Crippen LogP contribution is -2.31. The number of rotatable bonds is 10. The molecule has 1 rings (SSSR count). The van der Waals surface area contributed by atoms with Crippen LogP contribution in [0.2, 0.25) is 0 Å². The van der Waals surface area contributed by atoms with Gasteiger partial charge in [-0.2, -0.15) is 0 Å². The van der Waals surface area contributed by atoms with E-state index in [1.165, 1.54) is 0 Å². The van der Waals surface area contributed by atoms with E-state index in [1.54, 1.807) is 24.3 Å². The van der Waals surface area contributed by atoms with Gasteiger partial charge in [0.15, 0.2) is 0 Å². The van der Waals surface area contributed by atoms with E-state index in [-0.39, 0.29) is 5.91 Å². The number of amides is 1. The molecule has 1 amide bonds. The van der Waals surface area contributed by atoms with Crippen molar-refractivity contribution in [2.24, 2.45) is 0 Å². The number of methoxy groups -OCH3 is 1. The molecule has 0 fully saturated rings. The molecule has 1 aromatic heterocycles. The van der Waals surface area contributed by atoms with Crippen LogP contribution in [0.3, 0.4) is 0 Å². The minimum Gasteiger partial charge on any atom is -0.383 e. The van der Waals surface area contributed by atoms with Gasteiger partial charge in [0, 0.05) is 38.6 Å². The molecule has 0 saturated carbocycles. The van der Waals surface area contributed by atoms with Gasteiger partial charge in [0.05, 0.1) is 19.8 Å². The molecule has 0 aliphatic carbocycles. The number of ether oxygens (including phenoxy) is 2. The van der Waals surface area contributed by atoms with Crippen molar-refractivity contribution in [2.75, 3.05) is 51.9 Å². The second-order valence-electron chi connectivity index (χ2n) is 4.44. The lowest BCUT2D eigenvalue weighted by Gasteiger charge is -2.18. The highest BCUT2D eigenvalue weighted by atomic mass is 16.5. The maximum absolute atomic E-state index is 12.2. The quantitative estimate of drug-likeness (QED) is 0.665. The second-order valence-corrected chi connectivity index (χ2v) is 4.44. The van der Waals surface area contributed by atoms with Gasteiger partial charge in [0.2, 0.25) is 0 Å². The van der Waals surface area contributed by atoms with E-state index in [2.05, 4.69) is 10.3 Å². The molecule has 1 aromatic rings. The van der Waals surface area contributed by atoms with E-state index in [4.69, 9.17) is 9.47 Å². The van der Waals surface area contributed by atoms with Gasteiger partial charge in [-0.3, -0.25) is 9.78 Å². The summed E-state index contributed by atoms with van der Waals surface area (Å²) in [4.78, 5) is 18.1. The minimum atomic E-state index is -0.0417. The standard InChI is InChI=1S/C15H25N3O3/c1-4-18(5-2)15(19)14-12-13(6-7-17-14)16-8-9-21-11-10-20-3/h6-7,12H,4-5,8-11H2,1-3H3,(H,16,17). The first-order valence-electron chi connectivity index (χ1n) is 7.28. The van der Waals surface area contributed by atoms with Crippen LogP contribution in [-0.4, -0.2) is 62.4 Å². The number of carbonyl (C=O) groups excluding carboxylic acids is 1. The van der Waals surface area contributed by atoms with E-state index >= 15 is 0 Å². The SMILES string of the molecule is CCN(CC)C(=O)c1cc(NCCOCCOC)ccn1. The monoisotopic (exact) mass is 295 g/mol. The van der Waals surface area contributed by atoms with Crippen LogP contribution in [0.1, 0.15) is 24.3 Å². The summed E-state index contributed by atoms with van der Waals surface area (Å²) in [5.74, 6) is -0.0417. The zero-order chi connectivity index (χ0) is 15.5. The number of carbonyl (C=O) groups is 1. The van der Waals surface area contributed by atoms with E-state index < -0.39 is 0 Å². The van der Waals surface area contributed by atoms with Gasteiger partial charge in [-0.1, -0.05) is 0 Å². The Morgan fingerprint density at radius 2 is 2.05 bits per heavy atom. The number of aromatic nitrogens is 1. The lowest BCUT2D eigenvalue weighted by atomic mass is 10.2. The number of nitrogens with zero attached hydrogens (tertiary/aromatic N) is 2. The molecule has 0 unspecified atom stereocenters. The summed E-state index contributed by atoms with van der Waals surface area (Å²) >= 11 is 0. The van der Waals surface area contributed by atoms with Crippen molar-refractivity contribution >= 4 is 11.6 Å². The van der Waals surface area contributed by atoms with E-state index in [0.717, 1.165) is 5.69 Å². The predicted octanol–water partition coefficient (Wildman–Crippen LogP) is 1.64. The first-order valence-corrected chi connectivity index (χ1v) is 7.28. The van der Waals surface area contributed by atoms with Crippen LogP contribution in [0.4, 0.5) is 5.69 Å². The summed E-state index contributed by atoms with van der Waals surface area (Å²) in [6.07, 6.45) is 1.64. The largest absolute Gasteiger partial charge is 0.383 e. The normalized spacial score (nSPS) is 10.4. The molecule has 0 bridgehead atoms. The Hall–Kier alpha value is -1.66. The molecular formula is C15H25N3O3. The van der Waals surface area contributed by atoms with Gasteiger partial charge in [-0.05, 0) is 26.0 Å². The van der Waals surface area contributed by atoms with Crippen LogP contribution in [0.5, 0.6) is 0 Å². The van der Waals surface area contributed by atoms with Gasteiger partial charge in [-0.15, -0.1) is 0 Å². The maximum atomic E-state index is 12.2. The molecule has 0 aliphatic rings. The van der Waals surface area contributed by atoms with Crippen molar-refractivity contribution in [3.05, 3.63) is 24.0 Å². The lowest BCUT2D eigenvalue weighted by molar-refractivity contribution is 0.0759. The molecule has 0 atom stereocenters. The van der Waals surface area contributed by atoms with Crippen molar-refractivity contribution in [2.45, 2.75) is 13.8 Å². The van der Waals surface area contributed by atoms with Gasteiger partial charge < -0.3 is 19.7 Å². The Morgan fingerprint density at radius 3 is 2.71 bits per heavy atom. The number of hydrogen-bond donors (Lipinski definition) is 1. The molecule has 1 N–H and O–H groups in total. The highest BCUT2D eigenvalue weighted by Crippen LogP contribution is 2.10. The second kappa shape index (κ2) is 10.1. The van der Waals surface area contributed by atoms with Crippen LogP contribution in [0.15, 0.2) is 18.3 Å². The highest BCUT2D eigenvalue weighted by molar-refractivity contribution is 5.93. The smallest absolute Gasteiger partial charge is 0.272 e. The van der Waals surface area contributed by atoms with Crippen molar-refractivity contribution in [1.29, 1.82) is 0 Å². The third kappa shape index (κ3) is 6.10. The molecule has 0 saturated heterocycles. The summed E-state index contributed by atoms with van der Waals surface area (Å²) in [6.45, 7) is 7.72. The van der Waals surface area contributed by atoms with Gasteiger partial charge in [0.25, 0.3) is 5.91 Å². The average molecular weight is 295 g/mol. The number of pyridine rings is 1. The van der Waals surface area contributed by atoms with E-state index in [9.17, 15) is 4.79 Å². The molecule has 118 valence electrons. The van der Waals surface area contributed by atoms with E-state index in [0.29, 0.717) is 45.1 Å². The molecule has 0 radical (unpaired) electrons. The fraction of sp³-hybridized carbons (Fsp3) is 0.600. The van der Waals surface area contributed by atoms with Gasteiger partial charge in [-0.25, -0.2) is 0 Å². The molecule has 0 aromatic carbocycles. The summed E-state index contributed by atoms with van der Waals surface area (Å²) in [7, 11) is 1.65. The molecule has 0 spiro atoms. The van der Waals surface area contributed by atoms with Crippen molar-refractivity contribution < 1.29 is 14.3 Å². The van der Waals surface area contributed by atoms with Crippen molar-refractivity contribution in [3.63, 3.8) is 0 Å². The maximum Gasteiger partial charge on any atom is 0.272 e. The zero-order valence-corrected chi connectivity index (χ0v) is 13.1. The fourth-order valence-electron chi connectivity index (χ4n) is 1.84. The Labute approximate surface area is 126 Å². The van der Waals surface area contributed by atoms with Gasteiger partial charge in [0.1, 0.15) is 5.69 Å². The number of anilines is 1. The highest BCUT2D eigenvalue weighted by Gasteiger charge is 2.13. The molecule has 0 aliphatic heterocycles. The third-order valence-corrected chi connectivity index (χ3v) is 3.04. The van der Waals surface area contributed by atoms with Crippen LogP contribution >= 0.6 is 0 Å². The summed E-state index contributed by atoms with van der Waals surface area (Å²) in [5.41, 5.74) is 1.33. The molecule has 1 heterocycles. The number of nitrogens with one attached hydrogen (secondary N) is 1. The Balaban J connectivity index is 2.47. The number of hydrogen-bond acceptors (Lipinski definition) is 5. The fourth-order valence-corrected chi connectivity index (χ4v) is 1.84. The first kappa shape index (κ1) is 17.4. The summed E-state index contributed by atoms with van der Waals surface area (Å²) in [5, 5.41) is 3.22. The topological polar surface area (TPSA) is 63.7 Å². The first-order chi connectivity index (χ1) is 10.2. The molecule has 21 heavy (non-hydrogen) atoms. The van der Waals surface area contributed by atoms with Crippen molar-refractivity contribution in [1.82, 2.24) is 9.88 Å². The molecular weight excluding hydrogens is 270 g/mol. The third-order valence-electron chi connectivity index (χ3n) is 3.04. The summed E-state index contributed by atoms with van der Waals surface area (Å²) < 4.78 is 10.3. The Kier molecular flexibility index (Phi) is 8.38. The zero-order valence-electron chi connectivity index (χ0n) is 13.1. The minimum absolute atomic E-state index is 0.0417. The van der Waals surface area contributed by atoms with Crippen LogP contribution in [-0.2, 0) is 9.47 Å². The average Bonchev–Trinajstić information content (AvgIpc) is 2.52. The van der Waals surface area contributed by atoms with Crippen LogP contribution in [0, 0.1) is 0 Å². The molecule has 6 nitrogen and oxygen atoms in total.